The van der Waals surface area contributed by atoms with Gasteiger partial charge < -0.3 is 20.8 Å². The quantitative estimate of drug-likeness (QED) is 0.245. The first-order chi connectivity index (χ1) is 13.2. The zero-order chi connectivity index (χ0) is 21.1. The number of rotatable bonds is 0. The molecule has 4 amide bonds. The summed E-state index contributed by atoms with van der Waals surface area (Å²) in [5.74, 6) is -2.41. The number of amides is 4. The third kappa shape index (κ3) is 9.60. The second-order valence-electron chi connectivity index (χ2n) is 6.53. The van der Waals surface area contributed by atoms with Gasteiger partial charge in [-0.3, -0.25) is 29.6 Å². The number of carbonyl (C=O) groups excluding carboxylic acids is 4. The molecule has 0 saturated carbocycles. The molecule has 0 radical (unpaired) electrons. The fraction of sp³-hybridized carbons (Fsp3) is 0.750. The molecule has 1 heterocycles. The topological polar surface area (TPSA) is 180 Å². The van der Waals surface area contributed by atoms with Crippen molar-refractivity contribution in [1.82, 2.24) is 20.8 Å². The minimum absolute atomic E-state index is 0.00967. The van der Waals surface area contributed by atoms with E-state index in [-0.39, 0.29) is 64.7 Å². The normalized spacial score (nSPS) is 25.9. The van der Waals surface area contributed by atoms with E-state index in [0.29, 0.717) is 10.1 Å². The van der Waals surface area contributed by atoms with Crippen LogP contribution in [0.15, 0.2) is 0 Å². The van der Waals surface area contributed by atoms with Crippen molar-refractivity contribution in [3.63, 3.8) is 0 Å². The monoisotopic (exact) mass is 404 g/mol. The van der Waals surface area contributed by atoms with E-state index < -0.39 is 35.8 Å². The number of nitrogens with zero attached hydrogens (tertiary/aromatic N) is 2. The van der Waals surface area contributed by atoms with Gasteiger partial charge in [-0.05, 0) is 12.8 Å². The average molecular weight is 404 g/mol. The van der Waals surface area contributed by atoms with Crippen LogP contribution in [0.25, 0.3) is 0 Å². The van der Waals surface area contributed by atoms with Gasteiger partial charge >= 0.3 is 0 Å². The van der Waals surface area contributed by atoms with Crippen molar-refractivity contribution in [2.24, 2.45) is 0 Å². The first kappa shape index (κ1) is 23.8. The third-order valence-electron chi connectivity index (χ3n) is 4.13. The molecular weight excluding hydrogens is 376 g/mol. The largest absolute Gasteiger partial charge is 0.391 e. The summed E-state index contributed by atoms with van der Waals surface area (Å²) in [6, 6.07) is 0. The molecule has 0 aromatic carbocycles. The van der Waals surface area contributed by atoms with Crippen LogP contribution in [0.4, 0.5) is 0 Å². The Labute approximate surface area is 162 Å². The van der Waals surface area contributed by atoms with Gasteiger partial charge in [0.25, 0.3) is 0 Å². The molecule has 1 saturated heterocycles. The number of aliphatic hydroxyl groups excluding tert-OH is 2. The van der Waals surface area contributed by atoms with Crippen LogP contribution in [-0.4, -0.2) is 92.8 Å². The summed E-state index contributed by atoms with van der Waals surface area (Å²) in [5.41, 5.74) is 0. The maximum atomic E-state index is 11.8. The summed E-state index contributed by atoms with van der Waals surface area (Å²) in [4.78, 5) is 46.9. The van der Waals surface area contributed by atoms with Crippen molar-refractivity contribution < 1.29 is 39.8 Å². The Morgan fingerprint density at radius 1 is 0.679 bits per heavy atom. The van der Waals surface area contributed by atoms with Crippen LogP contribution in [0, 0.1) is 0 Å². The van der Waals surface area contributed by atoms with Gasteiger partial charge in [-0.2, -0.15) is 0 Å². The van der Waals surface area contributed by atoms with Crippen LogP contribution in [-0.2, 0) is 19.2 Å². The van der Waals surface area contributed by atoms with E-state index >= 15 is 0 Å². The standard InChI is InChI=1S/C16H28N4O8/c21-11-6-8-20(28)16(26)4-2-14(24)18-10-12(22)5-7-19(27)15(25)3-1-13(23)17-9-11/h11-12,21-22,27-28H,1-10H2,(H,17,23)(H,18,24)/t11-,12+. The zero-order valence-corrected chi connectivity index (χ0v) is 15.5. The maximum Gasteiger partial charge on any atom is 0.246 e. The van der Waals surface area contributed by atoms with Crippen LogP contribution in [0.5, 0.6) is 0 Å². The van der Waals surface area contributed by atoms with E-state index in [4.69, 9.17) is 0 Å². The molecule has 0 aromatic rings. The highest BCUT2D eigenvalue weighted by Gasteiger charge is 2.18. The molecular formula is C16H28N4O8. The second kappa shape index (κ2) is 12.2. The summed E-state index contributed by atoms with van der Waals surface area (Å²) < 4.78 is 0. The molecule has 0 spiro atoms. The Morgan fingerprint density at radius 2 is 1.04 bits per heavy atom. The molecule has 0 bridgehead atoms. The van der Waals surface area contributed by atoms with Crippen molar-refractivity contribution >= 4 is 23.6 Å². The number of aliphatic hydroxyl groups is 2. The predicted octanol–water partition coefficient (Wildman–Crippen LogP) is -2.27. The van der Waals surface area contributed by atoms with Crippen molar-refractivity contribution in [3.8, 4) is 0 Å². The van der Waals surface area contributed by atoms with E-state index in [0.717, 1.165) is 0 Å². The maximum absolute atomic E-state index is 11.8. The Bertz CT molecular complexity index is 511. The Morgan fingerprint density at radius 3 is 1.39 bits per heavy atom. The molecule has 28 heavy (non-hydrogen) atoms. The zero-order valence-electron chi connectivity index (χ0n) is 15.5. The number of hydrogen-bond acceptors (Lipinski definition) is 8. The molecule has 1 aliphatic heterocycles. The highest BCUT2D eigenvalue weighted by atomic mass is 16.5. The summed E-state index contributed by atoms with van der Waals surface area (Å²) >= 11 is 0. The van der Waals surface area contributed by atoms with Gasteiger partial charge in [-0.15, -0.1) is 0 Å². The number of hydrogen-bond donors (Lipinski definition) is 6. The summed E-state index contributed by atoms with van der Waals surface area (Å²) in [6.45, 7) is -0.638. The van der Waals surface area contributed by atoms with Crippen molar-refractivity contribution in [3.05, 3.63) is 0 Å². The molecule has 0 aliphatic carbocycles. The lowest BCUT2D eigenvalue weighted by Gasteiger charge is -2.19. The third-order valence-corrected chi connectivity index (χ3v) is 4.13. The molecule has 12 nitrogen and oxygen atoms in total. The van der Waals surface area contributed by atoms with Crippen molar-refractivity contribution in [2.45, 2.75) is 50.7 Å². The molecule has 0 aromatic heterocycles. The number of nitrogens with one attached hydrogen (secondary N) is 2. The lowest BCUT2D eigenvalue weighted by atomic mass is 10.2. The van der Waals surface area contributed by atoms with Crippen LogP contribution in [0.3, 0.4) is 0 Å². The predicted molar refractivity (Wildman–Crippen MR) is 92.7 cm³/mol. The lowest BCUT2D eigenvalue weighted by molar-refractivity contribution is -0.167. The van der Waals surface area contributed by atoms with Gasteiger partial charge in [0, 0.05) is 38.8 Å². The number of carbonyl (C=O) groups is 4. The first-order valence-electron chi connectivity index (χ1n) is 9.07. The smallest absolute Gasteiger partial charge is 0.246 e. The first-order valence-corrected chi connectivity index (χ1v) is 9.07. The van der Waals surface area contributed by atoms with Crippen LogP contribution in [0.2, 0.25) is 0 Å². The van der Waals surface area contributed by atoms with E-state index in [1.54, 1.807) is 0 Å². The van der Waals surface area contributed by atoms with Gasteiger partial charge in [0.2, 0.25) is 23.6 Å². The van der Waals surface area contributed by atoms with E-state index in [9.17, 15) is 39.8 Å². The van der Waals surface area contributed by atoms with Gasteiger partial charge in [0.1, 0.15) is 0 Å². The fourth-order valence-corrected chi connectivity index (χ4v) is 2.34. The number of hydroxylamine groups is 4. The van der Waals surface area contributed by atoms with Gasteiger partial charge in [0.15, 0.2) is 0 Å². The van der Waals surface area contributed by atoms with Crippen LogP contribution < -0.4 is 10.6 Å². The van der Waals surface area contributed by atoms with E-state index in [2.05, 4.69) is 10.6 Å². The minimum atomic E-state index is -1.02. The molecule has 1 aliphatic rings. The highest BCUT2D eigenvalue weighted by Crippen LogP contribution is 2.02. The lowest BCUT2D eigenvalue weighted by Crippen LogP contribution is -2.38. The second-order valence-corrected chi connectivity index (χ2v) is 6.53. The summed E-state index contributed by atoms with van der Waals surface area (Å²) in [7, 11) is 0. The molecule has 6 N–H and O–H groups in total. The number of β-amino-alcohol motifs (C(OH)–C–C–N with tert-alkyl or cyclic N) is 2. The Kier molecular flexibility index (Phi) is 10.4. The van der Waals surface area contributed by atoms with Crippen LogP contribution >= 0.6 is 0 Å². The fourth-order valence-electron chi connectivity index (χ4n) is 2.34. The summed E-state index contributed by atoms with van der Waals surface area (Å²) in [5, 5.41) is 44.5. The SMILES string of the molecule is O=C1CCC(=O)N(O)CC[C@H](O)CNC(=O)CCC(=O)N(O)CC[C@@H](O)CN1. The minimum Gasteiger partial charge on any atom is -0.391 e. The molecule has 0 unspecified atom stereocenters. The molecule has 2 atom stereocenters. The molecule has 160 valence electrons. The Hall–Kier alpha value is -2.28. The van der Waals surface area contributed by atoms with Gasteiger partial charge in [-0.1, -0.05) is 0 Å². The molecule has 1 rings (SSSR count). The van der Waals surface area contributed by atoms with E-state index in [1.165, 1.54) is 0 Å². The van der Waals surface area contributed by atoms with Crippen molar-refractivity contribution in [1.29, 1.82) is 0 Å². The van der Waals surface area contributed by atoms with Crippen LogP contribution in [0.1, 0.15) is 38.5 Å². The summed E-state index contributed by atoms with van der Waals surface area (Å²) in [6.07, 6.45) is -2.99. The van der Waals surface area contributed by atoms with Gasteiger partial charge in [0.05, 0.1) is 25.3 Å². The van der Waals surface area contributed by atoms with Crippen molar-refractivity contribution in [2.75, 3.05) is 26.2 Å². The highest BCUT2D eigenvalue weighted by molar-refractivity contribution is 5.83. The Balaban J connectivity index is 2.64. The average Bonchev–Trinajstić information content (AvgIpc) is 2.68. The molecule has 1 fully saturated rings. The van der Waals surface area contributed by atoms with E-state index in [1.807, 2.05) is 0 Å². The molecule has 12 heteroatoms. The van der Waals surface area contributed by atoms with Gasteiger partial charge in [-0.25, -0.2) is 10.1 Å².